The van der Waals surface area contributed by atoms with E-state index in [0.717, 1.165) is 0 Å². The zero-order valence-electron chi connectivity index (χ0n) is 15.2. The van der Waals surface area contributed by atoms with Gasteiger partial charge >= 0.3 is 6.61 Å². The molecule has 0 bridgehead atoms. The summed E-state index contributed by atoms with van der Waals surface area (Å²) in [4.78, 5) is 12.6. The van der Waals surface area contributed by atoms with Gasteiger partial charge < -0.3 is 14.8 Å². The zero-order chi connectivity index (χ0) is 20.1. The van der Waals surface area contributed by atoms with E-state index in [2.05, 4.69) is 20.4 Å². The molecule has 0 spiro atoms. The van der Waals surface area contributed by atoms with Crippen molar-refractivity contribution in [2.75, 3.05) is 11.9 Å². The Hall–Kier alpha value is -3.49. The number of benzene rings is 2. The number of ether oxygens (including phenoxy) is 2. The van der Waals surface area contributed by atoms with E-state index in [1.165, 1.54) is 16.8 Å². The molecule has 0 atom stereocenters. The molecule has 0 saturated carbocycles. The molecule has 0 radical (unpaired) electrons. The summed E-state index contributed by atoms with van der Waals surface area (Å²) in [6, 6.07) is 12.9. The van der Waals surface area contributed by atoms with E-state index in [9.17, 15) is 13.6 Å². The second kappa shape index (κ2) is 8.47. The highest BCUT2D eigenvalue weighted by atomic mass is 19.3. The van der Waals surface area contributed by atoms with Gasteiger partial charge in [0.25, 0.3) is 5.91 Å². The van der Waals surface area contributed by atoms with Crippen molar-refractivity contribution in [2.45, 2.75) is 20.5 Å². The monoisotopic (exact) mass is 388 g/mol. The van der Waals surface area contributed by atoms with Crippen molar-refractivity contribution in [1.29, 1.82) is 0 Å². The third-order valence-corrected chi connectivity index (χ3v) is 3.85. The van der Waals surface area contributed by atoms with E-state index in [0.29, 0.717) is 29.4 Å². The summed E-state index contributed by atoms with van der Waals surface area (Å²) >= 11 is 0. The molecule has 7 nitrogen and oxygen atoms in total. The van der Waals surface area contributed by atoms with E-state index >= 15 is 0 Å². The van der Waals surface area contributed by atoms with Crippen LogP contribution in [0.5, 0.6) is 11.5 Å². The summed E-state index contributed by atoms with van der Waals surface area (Å²) in [5, 5.41) is 10.7. The van der Waals surface area contributed by atoms with Crippen LogP contribution in [-0.2, 0) is 0 Å². The number of carbonyl (C=O) groups is 1. The molecule has 0 aliphatic rings. The van der Waals surface area contributed by atoms with Crippen LogP contribution in [0.1, 0.15) is 23.1 Å². The number of hydrogen-bond acceptors (Lipinski definition) is 5. The first-order valence-corrected chi connectivity index (χ1v) is 8.50. The van der Waals surface area contributed by atoms with Crippen LogP contribution in [0.15, 0.2) is 48.5 Å². The number of rotatable bonds is 7. The molecule has 0 aliphatic heterocycles. The quantitative estimate of drug-likeness (QED) is 0.666. The minimum atomic E-state index is -2.89. The van der Waals surface area contributed by atoms with Gasteiger partial charge in [0, 0.05) is 0 Å². The Morgan fingerprint density at radius 2 is 1.89 bits per heavy atom. The lowest BCUT2D eigenvalue weighted by atomic mass is 10.2. The molecule has 28 heavy (non-hydrogen) atoms. The van der Waals surface area contributed by atoms with Crippen LogP contribution >= 0.6 is 0 Å². The number of amides is 1. The summed E-state index contributed by atoms with van der Waals surface area (Å²) in [7, 11) is 0. The largest absolute Gasteiger partial charge is 0.492 e. The van der Waals surface area contributed by atoms with Gasteiger partial charge in [0.05, 0.1) is 23.7 Å². The summed E-state index contributed by atoms with van der Waals surface area (Å²) < 4.78 is 35.8. The van der Waals surface area contributed by atoms with Crippen molar-refractivity contribution >= 4 is 11.6 Å². The van der Waals surface area contributed by atoms with E-state index < -0.39 is 12.5 Å². The number of aromatic nitrogens is 3. The lowest BCUT2D eigenvalue weighted by molar-refractivity contribution is -0.0498. The van der Waals surface area contributed by atoms with Crippen LogP contribution in [0.2, 0.25) is 0 Å². The number of carbonyl (C=O) groups excluding carboxylic acids is 1. The van der Waals surface area contributed by atoms with E-state index in [4.69, 9.17) is 4.74 Å². The van der Waals surface area contributed by atoms with Crippen molar-refractivity contribution in [2.24, 2.45) is 0 Å². The second-order valence-corrected chi connectivity index (χ2v) is 5.69. The molecular weight excluding hydrogens is 370 g/mol. The Labute approximate surface area is 159 Å². The third-order valence-electron chi connectivity index (χ3n) is 3.85. The molecule has 146 valence electrons. The van der Waals surface area contributed by atoms with Gasteiger partial charge in [-0.25, -0.2) is 4.68 Å². The van der Waals surface area contributed by atoms with Crippen molar-refractivity contribution < 1.29 is 23.0 Å². The molecule has 9 heteroatoms. The predicted molar refractivity (Wildman–Crippen MR) is 98.3 cm³/mol. The molecular formula is C19H18F2N4O3. The van der Waals surface area contributed by atoms with Gasteiger partial charge in [-0.2, -0.15) is 8.78 Å². The molecule has 2 aromatic carbocycles. The normalized spacial score (nSPS) is 10.8. The molecule has 1 heterocycles. The van der Waals surface area contributed by atoms with Crippen LogP contribution in [0, 0.1) is 6.92 Å². The molecule has 0 aliphatic carbocycles. The fourth-order valence-electron chi connectivity index (χ4n) is 2.59. The van der Waals surface area contributed by atoms with E-state index in [1.807, 2.05) is 13.0 Å². The fraction of sp³-hybridized carbons (Fsp3) is 0.211. The van der Waals surface area contributed by atoms with Crippen molar-refractivity contribution in [3.05, 3.63) is 59.9 Å². The van der Waals surface area contributed by atoms with Crippen LogP contribution < -0.4 is 14.8 Å². The minimum Gasteiger partial charge on any atom is -0.492 e. The van der Waals surface area contributed by atoms with Crippen molar-refractivity contribution in [3.8, 4) is 17.2 Å². The van der Waals surface area contributed by atoms with Crippen LogP contribution in [0.25, 0.3) is 5.69 Å². The van der Waals surface area contributed by atoms with Crippen LogP contribution in [0.4, 0.5) is 14.5 Å². The molecule has 0 saturated heterocycles. The van der Waals surface area contributed by atoms with Crippen LogP contribution in [-0.4, -0.2) is 34.1 Å². The smallest absolute Gasteiger partial charge is 0.387 e. The lowest BCUT2D eigenvalue weighted by Gasteiger charge is -2.10. The third kappa shape index (κ3) is 4.25. The molecule has 3 rings (SSSR count). The number of nitrogens with zero attached hydrogens (tertiary/aromatic N) is 3. The van der Waals surface area contributed by atoms with Crippen molar-refractivity contribution in [1.82, 2.24) is 15.0 Å². The number of hydrogen-bond donors (Lipinski definition) is 1. The number of nitrogens with one attached hydrogen (secondary N) is 1. The number of para-hydroxylation sites is 2. The maximum Gasteiger partial charge on any atom is 0.387 e. The fourth-order valence-corrected chi connectivity index (χ4v) is 2.59. The molecule has 1 N–H and O–H groups in total. The predicted octanol–water partition coefficient (Wildman–Crippen LogP) is 3.83. The first-order valence-electron chi connectivity index (χ1n) is 8.50. The van der Waals surface area contributed by atoms with Gasteiger partial charge in [-0.1, -0.05) is 17.3 Å². The van der Waals surface area contributed by atoms with Gasteiger partial charge in [-0.15, -0.1) is 5.10 Å². The molecule has 1 amide bonds. The highest BCUT2D eigenvalue weighted by Gasteiger charge is 2.19. The Morgan fingerprint density at radius 1 is 1.18 bits per heavy atom. The zero-order valence-corrected chi connectivity index (χ0v) is 15.2. The molecule has 3 aromatic rings. The standard InChI is InChI=1S/C19H18F2N4O3/c1-3-27-16-7-5-4-6-15(16)22-18(26)17-12(2)25(24-23-17)13-8-10-14(11-9-13)28-19(20)21/h4-11,19H,3H2,1-2H3,(H,22,26). The average molecular weight is 388 g/mol. The van der Waals surface area contributed by atoms with Gasteiger partial charge in [0.2, 0.25) is 0 Å². The summed E-state index contributed by atoms with van der Waals surface area (Å²) in [5.74, 6) is 0.147. The van der Waals surface area contributed by atoms with Crippen LogP contribution in [0.3, 0.4) is 0 Å². The van der Waals surface area contributed by atoms with Gasteiger partial charge in [-0.05, 0) is 50.2 Å². The number of alkyl halides is 2. The summed E-state index contributed by atoms with van der Waals surface area (Å²) in [6.07, 6.45) is 0. The van der Waals surface area contributed by atoms with Gasteiger partial charge in [0.15, 0.2) is 5.69 Å². The van der Waals surface area contributed by atoms with Gasteiger partial charge in [-0.3, -0.25) is 4.79 Å². The highest BCUT2D eigenvalue weighted by Crippen LogP contribution is 2.25. The summed E-state index contributed by atoms with van der Waals surface area (Å²) in [5.41, 5.74) is 1.71. The Bertz CT molecular complexity index is 958. The molecule has 1 aromatic heterocycles. The second-order valence-electron chi connectivity index (χ2n) is 5.69. The Morgan fingerprint density at radius 3 is 2.57 bits per heavy atom. The average Bonchev–Trinajstić information content (AvgIpc) is 3.05. The Balaban J connectivity index is 1.80. The van der Waals surface area contributed by atoms with E-state index in [-0.39, 0.29) is 11.4 Å². The highest BCUT2D eigenvalue weighted by molar-refractivity contribution is 6.04. The number of halogens is 2. The maximum absolute atomic E-state index is 12.6. The maximum atomic E-state index is 12.6. The molecule has 0 fully saturated rings. The minimum absolute atomic E-state index is 0.0296. The first kappa shape index (κ1) is 19.3. The molecule has 0 unspecified atom stereocenters. The number of anilines is 1. The Kier molecular flexibility index (Phi) is 5.83. The first-order chi connectivity index (χ1) is 13.5. The topological polar surface area (TPSA) is 78.3 Å². The van der Waals surface area contributed by atoms with E-state index in [1.54, 1.807) is 37.3 Å². The van der Waals surface area contributed by atoms with Gasteiger partial charge in [0.1, 0.15) is 11.5 Å². The summed E-state index contributed by atoms with van der Waals surface area (Å²) in [6.45, 7) is 1.11. The lowest BCUT2D eigenvalue weighted by Crippen LogP contribution is -2.15. The SMILES string of the molecule is CCOc1ccccc1NC(=O)c1nnn(-c2ccc(OC(F)F)cc2)c1C. The van der Waals surface area contributed by atoms with Crippen molar-refractivity contribution in [3.63, 3.8) is 0 Å².